The molecule has 2 aromatic heterocycles. The summed E-state index contributed by atoms with van der Waals surface area (Å²) in [5.74, 6) is 1.55. The van der Waals surface area contributed by atoms with Crippen molar-refractivity contribution < 1.29 is 9.47 Å². The number of hydrogen-bond donors (Lipinski definition) is 1. The molecule has 2 heterocycles. The second kappa shape index (κ2) is 6.05. The van der Waals surface area contributed by atoms with Crippen LogP contribution in [0.4, 0.5) is 5.69 Å². The highest BCUT2D eigenvalue weighted by Gasteiger charge is 2.13. The zero-order valence-corrected chi connectivity index (χ0v) is 12.8. The van der Waals surface area contributed by atoms with Gasteiger partial charge in [-0.3, -0.25) is 4.40 Å². The van der Waals surface area contributed by atoms with Crippen molar-refractivity contribution in [1.29, 1.82) is 0 Å². The molecule has 0 spiro atoms. The number of hydrogen-bond acceptors (Lipinski definition) is 5. The number of rotatable bonds is 6. The molecule has 0 bridgehead atoms. The number of aromatic nitrogens is 2. The van der Waals surface area contributed by atoms with E-state index in [2.05, 4.69) is 10.3 Å². The Morgan fingerprint density at radius 3 is 2.81 bits per heavy atom. The molecule has 6 heteroatoms. The van der Waals surface area contributed by atoms with E-state index in [1.807, 2.05) is 47.2 Å². The maximum Gasteiger partial charge on any atom is 0.238 e. The molecule has 0 saturated heterocycles. The fourth-order valence-electron chi connectivity index (χ4n) is 2.16. The number of thiazole rings is 1. The topological polar surface area (TPSA) is 47.8 Å². The summed E-state index contributed by atoms with van der Waals surface area (Å²) in [5, 5.41) is 5.40. The highest BCUT2D eigenvalue weighted by atomic mass is 32.1. The van der Waals surface area contributed by atoms with E-state index in [1.165, 1.54) is 0 Å². The average molecular weight is 303 g/mol. The largest absolute Gasteiger partial charge is 0.494 e. The van der Waals surface area contributed by atoms with Gasteiger partial charge in [-0.05, 0) is 31.2 Å². The molecule has 21 heavy (non-hydrogen) atoms. The van der Waals surface area contributed by atoms with Gasteiger partial charge in [-0.25, -0.2) is 0 Å². The molecule has 0 atom stereocenters. The van der Waals surface area contributed by atoms with Crippen LogP contribution < -0.4 is 14.8 Å². The molecule has 110 valence electrons. The molecule has 0 radical (unpaired) electrons. The highest BCUT2D eigenvalue weighted by molar-refractivity contribution is 7.15. The van der Waals surface area contributed by atoms with Crippen LogP contribution in [0.15, 0.2) is 35.8 Å². The Hall–Kier alpha value is -2.21. The smallest absolute Gasteiger partial charge is 0.238 e. The first-order valence-corrected chi connectivity index (χ1v) is 7.65. The van der Waals surface area contributed by atoms with Gasteiger partial charge in [-0.2, -0.15) is 4.98 Å². The lowest BCUT2D eigenvalue weighted by Gasteiger charge is -2.08. The van der Waals surface area contributed by atoms with Crippen molar-refractivity contribution >= 4 is 22.0 Å². The molecule has 0 unspecified atom stereocenters. The summed E-state index contributed by atoms with van der Waals surface area (Å²) in [5.41, 5.74) is 2.05. The lowest BCUT2D eigenvalue weighted by molar-refractivity contribution is 0.340. The van der Waals surface area contributed by atoms with Crippen LogP contribution in [0.5, 0.6) is 11.6 Å². The fourth-order valence-corrected chi connectivity index (χ4v) is 2.88. The number of ether oxygens (including phenoxy) is 2. The molecule has 1 N–H and O–H groups in total. The van der Waals surface area contributed by atoms with Crippen LogP contribution in [0.2, 0.25) is 0 Å². The van der Waals surface area contributed by atoms with Gasteiger partial charge < -0.3 is 14.8 Å². The van der Waals surface area contributed by atoms with Crippen molar-refractivity contribution in [2.45, 2.75) is 13.5 Å². The van der Waals surface area contributed by atoms with Crippen LogP contribution in [0.1, 0.15) is 12.6 Å². The summed E-state index contributed by atoms with van der Waals surface area (Å²) in [6, 6.07) is 7.92. The zero-order valence-electron chi connectivity index (χ0n) is 12.0. The Bertz CT molecular complexity index is 718. The summed E-state index contributed by atoms with van der Waals surface area (Å²) in [6.07, 6.45) is 2.00. The number of fused-ring (bicyclic) bond motifs is 1. The monoisotopic (exact) mass is 303 g/mol. The van der Waals surface area contributed by atoms with Gasteiger partial charge in [-0.1, -0.05) is 0 Å². The Kier molecular flexibility index (Phi) is 3.96. The predicted molar refractivity (Wildman–Crippen MR) is 84.6 cm³/mol. The van der Waals surface area contributed by atoms with Crippen molar-refractivity contribution in [1.82, 2.24) is 9.38 Å². The Morgan fingerprint density at radius 1 is 1.29 bits per heavy atom. The van der Waals surface area contributed by atoms with Crippen molar-refractivity contribution in [3.8, 4) is 11.6 Å². The molecule has 0 amide bonds. The summed E-state index contributed by atoms with van der Waals surface area (Å²) < 4.78 is 12.8. The van der Waals surface area contributed by atoms with Crippen LogP contribution in [0.25, 0.3) is 4.96 Å². The first-order chi connectivity index (χ1) is 10.3. The normalized spacial score (nSPS) is 10.8. The van der Waals surface area contributed by atoms with Gasteiger partial charge >= 0.3 is 0 Å². The van der Waals surface area contributed by atoms with E-state index in [9.17, 15) is 0 Å². The molecule has 0 aliphatic carbocycles. The summed E-state index contributed by atoms with van der Waals surface area (Å²) in [7, 11) is 1.65. The van der Waals surface area contributed by atoms with Gasteiger partial charge in [0.2, 0.25) is 5.88 Å². The van der Waals surface area contributed by atoms with Crippen LogP contribution in [-0.4, -0.2) is 23.1 Å². The minimum absolute atomic E-state index is 0.648. The second-order valence-corrected chi connectivity index (χ2v) is 5.31. The van der Waals surface area contributed by atoms with E-state index in [4.69, 9.17) is 9.47 Å². The molecule has 3 aromatic rings. The molecule has 0 saturated carbocycles. The maximum absolute atomic E-state index is 5.43. The van der Waals surface area contributed by atoms with Crippen LogP contribution >= 0.6 is 11.3 Å². The van der Waals surface area contributed by atoms with E-state index < -0.39 is 0 Å². The molecular weight excluding hydrogens is 286 g/mol. The van der Waals surface area contributed by atoms with Crippen molar-refractivity contribution in [3.05, 3.63) is 41.5 Å². The van der Waals surface area contributed by atoms with Crippen molar-refractivity contribution in [2.75, 3.05) is 19.0 Å². The summed E-state index contributed by atoms with van der Waals surface area (Å²) in [6.45, 7) is 3.30. The maximum atomic E-state index is 5.43. The standard InChI is InChI=1S/C15H17N3O2S/c1-3-20-12-6-4-11(5-7-12)16-10-13-14(19-2)17-15-18(13)8-9-21-15/h4-9,16H,3,10H2,1-2H3. The van der Waals surface area contributed by atoms with Crippen molar-refractivity contribution in [2.24, 2.45) is 0 Å². The molecule has 0 fully saturated rings. The third-order valence-electron chi connectivity index (χ3n) is 3.14. The molecule has 0 aliphatic rings. The van der Waals surface area contributed by atoms with Gasteiger partial charge in [0, 0.05) is 17.3 Å². The van der Waals surface area contributed by atoms with E-state index in [0.717, 1.165) is 22.1 Å². The van der Waals surface area contributed by atoms with Crippen LogP contribution in [-0.2, 0) is 6.54 Å². The summed E-state index contributed by atoms with van der Waals surface area (Å²) >= 11 is 1.59. The Morgan fingerprint density at radius 2 is 2.10 bits per heavy atom. The van der Waals surface area contributed by atoms with Gasteiger partial charge in [0.1, 0.15) is 11.4 Å². The number of nitrogens with one attached hydrogen (secondary N) is 1. The zero-order chi connectivity index (χ0) is 14.7. The molecule has 0 aliphatic heterocycles. The van der Waals surface area contributed by atoms with Gasteiger partial charge in [0.25, 0.3) is 0 Å². The molecule has 5 nitrogen and oxygen atoms in total. The SMILES string of the molecule is CCOc1ccc(NCc2c(OC)nc3sccn23)cc1. The minimum Gasteiger partial charge on any atom is -0.494 e. The molecular formula is C15H17N3O2S. The third kappa shape index (κ3) is 2.80. The molecule has 3 rings (SSSR count). The van der Waals surface area contributed by atoms with Crippen LogP contribution in [0, 0.1) is 0 Å². The van der Waals surface area contributed by atoms with Gasteiger partial charge in [0.15, 0.2) is 4.96 Å². The Balaban J connectivity index is 1.74. The summed E-state index contributed by atoms with van der Waals surface area (Å²) in [4.78, 5) is 5.38. The number of anilines is 1. The van der Waals surface area contributed by atoms with E-state index in [0.29, 0.717) is 19.0 Å². The quantitative estimate of drug-likeness (QED) is 0.758. The van der Waals surface area contributed by atoms with Gasteiger partial charge in [-0.15, -0.1) is 11.3 Å². The number of imidazole rings is 1. The van der Waals surface area contributed by atoms with E-state index in [1.54, 1.807) is 18.4 Å². The Labute approximate surface area is 127 Å². The van der Waals surface area contributed by atoms with Crippen molar-refractivity contribution in [3.63, 3.8) is 0 Å². The van der Waals surface area contributed by atoms with E-state index in [-0.39, 0.29) is 0 Å². The minimum atomic E-state index is 0.648. The second-order valence-electron chi connectivity index (χ2n) is 4.43. The highest BCUT2D eigenvalue weighted by Crippen LogP contribution is 2.24. The lowest BCUT2D eigenvalue weighted by Crippen LogP contribution is -2.03. The first-order valence-electron chi connectivity index (χ1n) is 6.77. The fraction of sp³-hybridized carbons (Fsp3) is 0.267. The predicted octanol–water partition coefficient (Wildman–Crippen LogP) is 3.42. The third-order valence-corrected chi connectivity index (χ3v) is 3.90. The first kappa shape index (κ1) is 13.8. The number of benzene rings is 1. The number of methoxy groups -OCH3 is 1. The average Bonchev–Trinajstić information content (AvgIpc) is 3.07. The number of nitrogens with zero attached hydrogens (tertiary/aromatic N) is 2. The van der Waals surface area contributed by atoms with Gasteiger partial charge in [0.05, 0.1) is 20.3 Å². The van der Waals surface area contributed by atoms with Crippen LogP contribution in [0.3, 0.4) is 0 Å². The lowest BCUT2D eigenvalue weighted by atomic mass is 10.3. The molecule has 1 aromatic carbocycles. The van der Waals surface area contributed by atoms with E-state index >= 15 is 0 Å².